The normalized spacial score (nSPS) is 11.9. The summed E-state index contributed by atoms with van der Waals surface area (Å²) in [4.78, 5) is 23.7. The van der Waals surface area contributed by atoms with E-state index in [1.807, 2.05) is 48.5 Å². The SMILES string of the molecule is CC(=O)n1cc(/C=N/N=C/c2cn(C(C)=O)c3ccccc23)c2ccccc21. The van der Waals surface area contributed by atoms with Crippen LogP contribution in [0.2, 0.25) is 0 Å². The molecule has 0 aliphatic heterocycles. The van der Waals surface area contributed by atoms with Gasteiger partial charge in [-0.1, -0.05) is 36.4 Å². The van der Waals surface area contributed by atoms with Gasteiger partial charge in [-0.25, -0.2) is 0 Å². The Balaban J connectivity index is 1.67. The number of aromatic nitrogens is 2. The van der Waals surface area contributed by atoms with Crippen molar-refractivity contribution in [1.29, 1.82) is 0 Å². The maximum Gasteiger partial charge on any atom is 0.227 e. The molecule has 138 valence electrons. The first-order valence-electron chi connectivity index (χ1n) is 8.84. The average Bonchev–Trinajstić information content (AvgIpc) is 3.24. The van der Waals surface area contributed by atoms with Crippen molar-refractivity contribution in [2.45, 2.75) is 13.8 Å². The summed E-state index contributed by atoms with van der Waals surface area (Å²) in [6, 6.07) is 15.3. The van der Waals surface area contributed by atoms with Crippen molar-refractivity contribution in [1.82, 2.24) is 9.13 Å². The van der Waals surface area contributed by atoms with Gasteiger partial charge in [0.1, 0.15) is 0 Å². The van der Waals surface area contributed by atoms with Gasteiger partial charge in [0.2, 0.25) is 11.8 Å². The summed E-state index contributed by atoms with van der Waals surface area (Å²) in [6.07, 6.45) is 6.77. The highest BCUT2D eigenvalue weighted by Crippen LogP contribution is 2.21. The van der Waals surface area contributed by atoms with Crippen LogP contribution in [-0.2, 0) is 0 Å². The van der Waals surface area contributed by atoms with Crippen molar-refractivity contribution >= 4 is 46.0 Å². The third-order valence-electron chi connectivity index (χ3n) is 4.62. The summed E-state index contributed by atoms with van der Waals surface area (Å²) in [7, 11) is 0. The fourth-order valence-corrected chi connectivity index (χ4v) is 3.33. The predicted octanol–water partition coefficient (Wildman–Crippen LogP) is 4.37. The predicted molar refractivity (Wildman–Crippen MR) is 112 cm³/mol. The Kier molecular flexibility index (Phi) is 4.45. The third-order valence-corrected chi connectivity index (χ3v) is 4.62. The van der Waals surface area contributed by atoms with Crippen molar-refractivity contribution < 1.29 is 9.59 Å². The van der Waals surface area contributed by atoms with Crippen LogP contribution in [0.4, 0.5) is 0 Å². The number of hydrogen-bond acceptors (Lipinski definition) is 4. The molecule has 0 saturated heterocycles. The molecule has 2 aromatic carbocycles. The molecule has 4 aromatic rings. The standard InChI is InChI=1S/C22H18N4O2/c1-15(27)25-13-17(19-7-3-5-9-21(19)25)11-23-24-12-18-14-26(16(2)28)22-10-6-4-8-20(18)22/h3-14H,1-2H3/b23-11+,24-12+. The summed E-state index contributed by atoms with van der Waals surface area (Å²) in [5.41, 5.74) is 3.30. The summed E-state index contributed by atoms with van der Waals surface area (Å²) in [5, 5.41) is 10.2. The number of carbonyl (C=O) groups is 2. The maximum absolute atomic E-state index is 11.8. The van der Waals surface area contributed by atoms with E-state index < -0.39 is 0 Å². The number of hydrogen-bond donors (Lipinski definition) is 0. The molecule has 6 heteroatoms. The van der Waals surface area contributed by atoms with E-state index in [2.05, 4.69) is 10.2 Å². The lowest BCUT2D eigenvalue weighted by Crippen LogP contribution is -2.02. The van der Waals surface area contributed by atoms with Gasteiger partial charge in [0.05, 0.1) is 23.5 Å². The molecule has 2 heterocycles. The van der Waals surface area contributed by atoms with Gasteiger partial charge >= 0.3 is 0 Å². The Morgan fingerprint density at radius 1 is 0.714 bits per heavy atom. The second kappa shape index (κ2) is 7.08. The molecule has 0 bridgehead atoms. The van der Waals surface area contributed by atoms with Gasteiger partial charge in [-0.15, -0.1) is 0 Å². The Bertz CT molecular complexity index is 1170. The fourth-order valence-electron chi connectivity index (χ4n) is 3.33. The highest BCUT2D eigenvalue weighted by atomic mass is 16.2. The van der Waals surface area contributed by atoms with Crippen molar-refractivity contribution in [2.75, 3.05) is 0 Å². The van der Waals surface area contributed by atoms with Crippen molar-refractivity contribution in [3.05, 3.63) is 72.1 Å². The van der Waals surface area contributed by atoms with E-state index in [-0.39, 0.29) is 11.8 Å². The molecule has 0 atom stereocenters. The molecular weight excluding hydrogens is 352 g/mol. The van der Waals surface area contributed by atoms with Gasteiger partial charge in [0.25, 0.3) is 0 Å². The van der Waals surface area contributed by atoms with Crippen molar-refractivity contribution in [3.63, 3.8) is 0 Å². The van der Waals surface area contributed by atoms with Crippen LogP contribution in [0.25, 0.3) is 21.8 Å². The molecule has 0 spiro atoms. The smallest absolute Gasteiger partial charge is 0.227 e. The molecule has 0 aliphatic rings. The molecule has 0 fully saturated rings. The largest absolute Gasteiger partial charge is 0.287 e. The van der Waals surface area contributed by atoms with Gasteiger partial charge in [-0.2, -0.15) is 10.2 Å². The first-order chi connectivity index (χ1) is 13.6. The number of nitrogens with zero attached hydrogens (tertiary/aromatic N) is 4. The summed E-state index contributed by atoms with van der Waals surface area (Å²) < 4.78 is 3.20. The molecule has 0 aliphatic carbocycles. The Morgan fingerprint density at radius 3 is 1.50 bits per heavy atom. The molecule has 4 rings (SSSR count). The number of fused-ring (bicyclic) bond motifs is 2. The Hall–Kier alpha value is -3.80. The maximum atomic E-state index is 11.8. The molecule has 6 nitrogen and oxygen atoms in total. The molecular formula is C22H18N4O2. The zero-order chi connectivity index (χ0) is 19.7. The fraction of sp³-hybridized carbons (Fsp3) is 0.0909. The van der Waals surface area contributed by atoms with Crippen LogP contribution in [0, 0.1) is 0 Å². The van der Waals surface area contributed by atoms with Crippen LogP contribution in [-0.4, -0.2) is 33.4 Å². The summed E-state index contributed by atoms with van der Waals surface area (Å²) in [5.74, 6) is -0.118. The van der Waals surface area contributed by atoms with Crippen LogP contribution in [0.1, 0.15) is 34.6 Å². The topological polar surface area (TPSA) is 68.7 Å². The van der Waals surface area contributed by atoms with Crippen LogP contribution >= 0.6 is 0 Å². The lowest BCUT2D eigenvalue weighted by molar-refractivity contribution is 0.0933. The van der Waals surface area contributed by atoms with E-state index in [9.17, 15) is 9.59 Å². The van der Waals surface area contributed by atoms with Gasteiger partial charge in [0, 0.05) is 48.1 Å². The number of rotatable bonds is 3. The van der Waals surface area contributed by atoms with Gasteiger partial charge in [-0.3, -0.25) is 18.7 Å². The molecule has 0 N–H and O–H groups in total. The van der Waals surface area contributed by atoms with E-state index >= 15 is 0 Å². The Labute approximate surface area is 161 Å². The van der Waals surface area contributed by atoms with Crippen molar-refractivity contribution in [3.8, 4) is 0 Å². The number of para-hydroxylation sites is 2. The summed E-state index contributed by atoms with van der Waals surface area (Å²) >= 11 is 0. The molecule has 2 aromatic heterocycles. The first kappa shape index (κ1) is 17.6. The lowest BCUT2D eigenvalue weighted by Gasteiger charge is -1.96. The number of carbonyl (C=O) groups excluding carboxylic acids is 2. The average molecular weight is 370 g/mol. The second-order valence-corrected chi connectivity index (χ2v) is 6.47. The van der Waals surface area contributed by atoms with E-state index in [1.165, 1.54) is 13.8 Å². The van der Waals surface area contributed by atoms with Crippen LogP contribution in [0.5, 0.6) is 0 Å². The minimum atomic E-state index is -0.0589. The third kappa shape index (κ3) is 3.05. The molecule has 0 saturated carbocycles. The highest BCUT2D eigenvalue weighted by Gasteiger charge is 2.10. The minimum absolute atomic E-state index is 0.0589. The monoisotopic (exact) mass is 370 g/mol. The first-order valence-corrected chi connectivity index (χ1v) is 8.84. The number of benzene rings is 2. The Morgan fingerprint density at radius 2 is 1.11 bits per heavy atom. The second-order valence-electron chi connectivity index (χ2n) is 6.47. The van der Waals surface area contributed by atoms with E-state index in [1.54, 1.807) is 34.0 Å². The van der Waals surface area contributed by atoms with Crippen LogP contribution < -0.4 is 0 Å². The van der Waals surface area contributed by atoms with Gasteiger partial charge in [-0.05, 0) is 12.1 Å². The van der Waals surface area contributed by atoms with Gasteiger partial charge < -0.3 is 0 Å². The van der Waals surface area contributed by atoms with Crippen LogP contribution in [0.15, 0.2) is 71.1 Å². The minimum Gasteiger partial charge on any atom is -0.287 e. The quantitative estimate of drug-likeness (QED) is 0.397. The molecule has 28 heavy (non-hydrogen) atoms. The van der Waals surface area contributed by atoms with E-state index in [0.717, 1.165) is 32.9 Å². The zero-order valence-corrected chi connectivity index (χ0v) is 15.5. The van der Waals surface area contributed by atoms with E-state index in [0.29, 0.717) is 0 Å². The van der Waals surface area contributed by atoms with Gasteiger partial charge in [0.15, 0.2) is 0 Å². The molecule has 0 amide bonds. The molecule has 0 unspecified atom stereocenters. The zero-order valence-electron chi connectivity index (χ0n) is 15.5. The molecule has 0 radical (unpaired) electrons. The van der Waals surface area contributed by atoms with E-state index in [4.69, 9.17) is 0 Å². The van der Waals surface area contributed by atoms with Crippen molar-refractivity contribution in [2.24, 2.45) is 10.2 Å². The summed E-state index contributed by atoms with van der Waals surface area (Å²) in [6.45, 7) is 3.05. The highest BCUT2D eigenvalue weighted by molar-refractivity contribution is 6.05. The lowest BCUT2D eigenvalue weighted by atomic mass is 10.2. The van der Waals surface area contributed by atoms with Crippen LogP contribution in [0.3, 0.4) is 0 Å².